The van der Waals surface area contributed by atoms with Crippen LogP contribution in [0.5, 0.6) is 5.88 Å². The maximum atomic E-state index is 9.33. The Morgan fingerprint density at radius 2 is 2.00 bits per heavy atom. The normalized spacial score (nSPS) is 11.0. The zero-order valence-corrected chi connectivity index (χ0v) is 11.5. The third kappa shape index (κ3) is 2.50. The predicted molar refractivity (Wildman–Crippen MR) is 77.4 cm³/mol. The number of benzene rings is 1. The van der Waals surface area contributed by atoms with Crippen molar-refractivity contribution in [2.45, 2.75) is 13.2 Å². The lowest BCUT2D eigenvalue weighted by Gasteiger charge is -2.10. The van der Waals surface area contributed by atoms with E-state index < -0.39 is 0 Å². The molecule has 2 heterocycles. The number of aryl methyl sites for hydroxylation is 1. The maximum Gasteiger partial charge on any atom is 0.245 e. The summed E-state index contributed by atoms with van der Waals surface area (Å²) in [6, 6.07) is 7.52. The third-order valence-corrected chi connectivity index (χ3v) is 3.21. The molecule has 21 heavy (non-hydrogen) atoms. The van der Waals surface area contributed by atoms with Crippen LogP contribution in [0.2, 0.25) is 0 Å². The number of nitrogens with zero attached hydrogens (tertiary/aromatic N) is 4. The fraction of sp³-hybridized carbons (Fsp3) is 0.214. The Morgan fingerprint density at radius 3 is 2.76 bits per heavy atom. The highest BCUT2D eigenvalue weighted by molar-refractivity contribution is 5.77. The van der Waals surface area contributed by atoms with E-state index in [1.807, 2.05) is 31.3 Å². The number of nitrogen functional groups attached to an aromatic ring is 1. The summed E-state index contributed by atoms with van der Waals surface area (Å²) in [6.45, 7) is 0.250. The van der Waals surface area contributed by atoms with Crippen LogP contribution in [-0.4, -0.2) is 24.6 Å². The second-order valence-corrected chi connectivity index (χ2v) is 4.63. The van der Waals surface area contributed by atoms with Crippen LogP contribution in [-0.2, 0) is 20.3 Å². The molecule has 7 heteroatoms. The molecule has 3 aromatic rings. The van der Waals surface area contributed by atoms with Gasteiger partial charge in [0.05, 0.1) is 12.9 Å². The molecule has 0 saturated carbocycles. The van der Waals surface area contributed by atoms with Crippen molar-refractivity contribution >= 4 is 17.1 Å². The molecule has 0 atom stereocenters. The number of aliphatic hydroxyl groups is 1. The van der Waals surface area contributed by atoms with Crippen LogP contribution in [0.4, 0.5) is 5.95 Å². The largest absolute Gasteiger partial charge is 0.471 e. The highest BCUT2D eigenvalue weighted by Gasteiger charge is 2.13. The van der Waals surface area contributed by atoms with Gasteiger partial charge in [-0.3, -0.25) is 0 Å². The minimum absolute atomic E-state index is 0.0352. The Bertz CT molecular complexity index is 784. The van der Waals surface area contributed by atoms with E-state index in [4.69, 9.17) is 10.5 Å². The molecular formula is C14H15N5O2. The van der Waals surface area contributed by atoms with Gasteiger partial charge in [-0.1, -0.05) is 24.3 Å². The van der Waals surface area contributed by atoms with Crippen molar-refractivity contribution in [2.75, 3.05) is 5.73 Å². The van der Waals surface area contributed by atoms with Gasteiger partial charge in [0.25, 0.3) is 0 Å². The zero-order chi connectivity index (χ0) is 14.8. The van der Waals surface area contributed by atoms with Gasteiger partial charge in [-0.15, -0.1) is 0 Å². The number of anilines is 1. The minimum atomic E-state index is -0.0352. The topological polar surface area (TPSA) is 99.1 Å². The first-order valence-electron chi connectivity index (χ1n) is 6.44. The van der Waals surface area contributed by atoms with Crippen molar-refractivity contribution < 1.29 is 9.84 Å². The van der Waals surface area contributed by atoms with E-state index in [0.29, 0.717) is 17.0 Å². The van der Waals surface area contributed by atoms with Crippen LogP contribution < -0.4 is 10.5 Å². The summed E-state index contributed by atoms with van der Waals surface area (Å²) in [5.74, 6) is 0.497. The van der Waals surface area contributed by atoms with Gasteiger partial charge >= 0.3 is 0 Å². The van der Waals surface area contributed by atoms with E-state index in [1.54, 1.807) is 10.9 Å². The molecule has 1 aromatic carbocycles. The van der Waals surface area contributed by atoms with Crippen LogP contribution in [0, 0.1) is 0 Å². The molecular weight excluding hydrogens is 269 g/mol. The number of rotatable bonds is 4. The second-order valence-electron chi connectivity index (χ2n) is 4.63. The Kier molecular flexibility index (Phi) is 3.41. The van der Waals surface area contributed by atoms with Crippen LogP contribution in [0.1, 0.15) is 11.1 Å². The van der Waals surface area contributed by atoms with E-state index in [1.165, 1.54) is 0 Å². The summed E-state index contributed by atoms with van der Waals surface area (Å²) in [5, 5.41) is 9.33. The molecule has 0 amide bonds. The number of fused-ring (bicyclic) bond motifs is 1. The Morgan fingerprint density at radius 1 is 1.24 bits per heavy atom. The average molecular weight is 284 g/mol. The molecule has 0 fully saturated rings. The fourth-order valence-electron chi connectivity index (χ4n) is 2.14. The molecule has 3 N–H and O–H groups in total. The van der Waals surface area contributed by atoms with E-state index in [-0.39, 0.29) is 19.2 Å². The predicted octanol–water partition coefficient (Wildman–Crippen LogP) is 1.02. The summed E-state index contributed by atoms with van der Waals surface area (Å²) < 4.78 is 7.54. The van der Waals surface area contributed by atoms with E-state index in [2.05, 4.69) is 15.0 Å². The van der Waals surface area contributed by atoms with Crippen molar-refractivity contribution in [3.63, 3.8) is 0 Å². The monoisotopic (exact) mass is 284 g/mol. The van der Waals surface area contributed by atoms with Crippen molar-refractivity contribution in [3.05, 3.63) is 41.7 Å². The molecule has 3 rings (SSSR count). The van der Waals surface area contributed by atoms with Gasteiger partial charge in [-0.2, -0.15) is 9.97 Å². The number of imidazole rings is 1. The molecule has 0 aliphatic heterocycles. The van der Waals surface area contributed by atoms with E-state index in [0.717, 1.165) is 11.1 Å². The number of ether oxygens (including phenoxy) is 1. The maximum absolute atomic E-state index is 9.33. The lowest BCUT2D eigenvalue weighted by Crippen LogP contribution is -2.05. The number of nitrogens with two attached hydrogens (primary N) is 1. The zero-order valence-electron chi connectivity index (χ0n) is 11.5. The minimum Gasteiger partial charge on any atom is -0.471 e. The smallest absolute Gasteiger partial charge is 0.245 e. The highest BCUT2D eigenvalue weighted by atomic mass is 16.5. The van der Waals surface area contributed by atoms with Crippen molar-refractivity contribution in [1.29, 1.82) is 0 Å². The molecule has 0 bridgehead atoms. The highest BCUT2D eigenvalue weighted by Crippen LogP contribution is 2.23. The summed E-state index contributed by atoms with van der Waals surface area (Å²) in [7, 11) is 1.84. The molecule has 0 aliphatic rings. The summed E-state index contributed by atoms with van der Waals surface area (Å²) in [4.78, 5) is 12.3. The summed E-state index contributed by atoms with van der Waals surface area (Å²) in [6.07, 6.45) is 1.63. The molecule has 7 nitrogen and oxygen atoms in total. The number of hydrogen-bond acceptors (Lipinski definition) is 6. The lowest BCUT2D eigenvalue weighted by molar-refractivity contribution is 0.267. The summed E-state index contributed by atoms with van der Waals surface area (Å²) >= 11 is 0. The van der Waals surface area contributed by atoms with Gasteiger partial charge in [0.2, 0.25) is 11.8 Å². The summed E-state index contributed by atoms with van der Waals surface area (Å²) in [5.41, 5.74) is 8.57. The standard InChI is InChI=1S/C14H15N5O2/c1-19-8-16-12-11(19)13(18-14(15)17-12)21-7-10-5-3-2-4-9(10)6-20/h2-5,8,20H,6-7H2,1H3,(H2,15,17,18)/i1-1. The Labute approximate surface area is 121 Å². The molecule has 0 spiro atoms. The van der Waals surface area contributed by atoms with Crippen molar-refractivity contribution in [1.82, 2.24) is 19.5 Å². The SMILES string of the molecule is [11CH3]n1cnc2nc(N)nc(OCc3ccccc3CO)c21. The van der Waals surface area contributed by atoms with Crippen LogP contribution in [0.25, 0.3) is 11.2 Å². The van der Waals surface area contributed by atoms with Gasteiger partial charge in [0.15, 0.2) is 11.2 Å². The first-order chi connectivity index (χ1) is 10.2. The van der Waals surface area contributed by atoms with Crippen LogP contribution in [0.15, 0.2) is 30.6 Å². The second kappa shape index (κ2) is 5.37. The van der Waals surface area contributed by atoms with Gasteiger partial charge in [-0.25, -0.2) is 4.98 Å². The quantitative estimate of drug-likeness (QED) is 0.742. The molecule has 108 valence electrons. The number of hydrogen-bond donors (Lipinski definition) is 2. The Balaban J connectivity index is 1.93. The van der Waals surface area contributed by atoms with Crippen LogP contribution >= 0.6 is 0 Å². The molecule has 0 saturated heterocycles. The van der Waals surface area contributed by atoms with Crippen molar-refractivity contribution in [3.8, 4) is 5.88 Å². The van der Waals surface area contributed by atoms with Crippen LogP contribution in [0.3, 0.4) is 0 Å². The van der Waals surface area contributed by atoms with Gasteiger partial charge < -0.3 is 20.1 Å². The Hall–Kier alpha value is -2.67. The lowest BCUT2D eigenvalue weighted by atomic mass is 10.1. The third-order valence-electron chi connectivity index (χ3n) is 3.21. The first-order valence-corrected chi connectivity index (χ1v) is 6.44. The molecule has 0 radical (unpaired) electrons. The van der Waals surface area contributed by atoms with Gasteiger partial charge in [-0.05, 0) is 11.1 Å². The molecule has 2 aromatic heterocycles. The van der Waals surface area contributed by atoms with Crippen molar-refractivity contribution in [2.24, 2.45) is 7.05 Å². The van der Waals surface area contributed by atoms with E-state index in [9.17, 15) is 5.11 Å². The van der Waals surface area contributed by atoms with Gasteiger partial charge in [0, 0.05) is 7.05 Å². The number of aliphatic hydroxyl groups excluding tert-OH is 1. The molecule has 0 aliphatic carbocycles. The number of aromatic nitrogens is 4. The van der Waals surface area contributed by atoms with E-state index >= 15 is 0 Å². The fourth-order valence-corrected chi connectivity index (χ4v) is 2.14. The van der Waals surface area contributed by atoms with Gasteiger partial charge in [0.1, 0.15) is 6.61 Å². The molecule has 0 unspecified atom stereocenters. The first kappa shape index (κ1) is 13.3. The average Bonchev–Trinajstić information content (AvgIpc) is 2.86.